The van der Waals surface area contributed by atoms with Crippen LogP contribution in [0.1, 0.15) is 141 Å². The predicted molar refractivity (Wildman–Crippen MR) is 173 cm³/mol. The fraction of sp³-hybridized carbons (Fsp3) is 0.789. The van der Waals surface area contributed by atoms with E-state index in [1.807, 2.05) is 0 Å². The quantitative estimate of drug-likeness (QED) is 0.150. The van der Waals surface area contributed by atoms with Gasteiger partial charge in [0.25, 0.3) is 0 Å². The van der Waals surface area contributed by atoms with Gasteiger partial charge in [0.15, 0.2) is 0 Å². The Kier molecular flexibility index (Phi) is 12.0. The zero-order valence-corrected chi connectivity index (χ0v) is 28.0. The summed E-state index contributed by atoms with van der Waals surface area (Å²) in [5.41, 5.74) is -1.74. The van der Waals surface area contributed by atoms with Crippen molar-refractivity contribution < 1.29 is 38.1 Å². The summed E-state index contributed by atoms with van der Waals surface area (Å²) in [5.74, 6) is -0.510. The fourth-order valence-corrected chi connectivity index (χ4v) is 8.35. The maximum Gasteiger partial charge on any atom is 0.312 e. The van der Waals surface area contributed by atoms with Crippen molar-refractivity contribution in [2.75, 3.05) is 26.4 Å². The topological polar surface area (TPSA) is 105 Å². The molecule has 0 atom stereocenters. The Labute approximate surface area is 275 Å². The van der Waals surface area contributed by atoms with E-state index in [2.05, 4.69) is 24.3 Å². The predicted octanol–water partition coefficient (Wildman–Crippen LogP) is 7.87. The van der Waals surface area contributed by atoms with Gasteiger partial charge in [0.05, 0.1) is 48.1 Å². The average molecular weight is 641 g/mol. The van der Waals surface area contributed by atoms with Crippen LogP contribution in [0.15, 0.2) is 24.3 Å². The van der Waals surface area contributed by atoms with E-state index in [-0.39, 0.29) is 23.9 Å². The van der Waals surface area contributed by atoms with E-state index < -0.39 is 21.7 Å². The molecule has 15 aliphatic rings. The van der Waals surface area contributed by atoms with Gasteiger partial charge in [-0.15, -0.1) is 0 Å². The van der Waals surface area contributed by atoms with Crippen LogP contribution in [0, 0.1) is 21.7 Å². The van der Waals surface area contributed by atoms with Gasteiger partial charge in [0, 0.05) is 0 Å². The molecule has 0 N–H and O–H groups in total. The maximum absolute atomic E-state index is 12.6. The van der Waals surface area contributed by atoms with Crippen LogP contribution in [0.4, 0.5) is 0 Å². The lowest BCUT2D eigenvalue weighted by molar-refractivity contribution is -0.237. The van der Waals surface area contributed by atoms with E-state index in [1.54, 1.807) is 0 Å². The van der Waals surface area contributed by atoms with Crippen LogP contribution in [0.25, 0.3) is 0 Å². The van der Waals surface area contributed by atoms with Crippen LogP contribution < -0.4 is 0 Å². The monoisotopic (exact) mass is 640 g/mol. The van der Waals surface area contributed by atoms with E-state index in [1.165, 1.54) is 0 Å². The van der Waals surface area contributed by atoms with Gasteiger partial charge in [-0.2, -0.15) is 0 Å². The fourth-order valence-electron chi connectivity index (χ4n) is 8.35. The lowest BCUT2D eigenvalue weighted by Gasteiger charge is -2.66. The Morgan fingerprint density at radius 1 is 0.326 bits per heavy atom. The summed E-state index contributed by atoms with van der Waals surface area (Å²) in [6.07, 6.45) is 28.4. The highest BCUT2D eigenvalue weighted by Gasteiger charge is 2.77. The van der Waals surface area contributed by atoms with Crippen molar-refractivity contribution >= 4 is 23.9 Å². The molecule has 0 amide bonds. The second-order valence-corrected chi connectivity index (χ2v) is 15.1. The summed E-state index contributed by atoms with van der Waals surface area (Å²) in [5, 5.41) is 0. The number of ether oxygens (including phenoxy) is 4. The molecule has 0 saturated heterocycles. The van der Waals surface area contributed by atoms with E-state index in [4.69, 9.17) is 18.9 Å². The van der Waals surface area contributed by atoms with Gasteiger partial charge >= 0.3 is 23.9 Å². The Bertz CT molecular complexity index is 928. The molecule has 15 rings (SSSR count). The van der Waals surface area contributed by atoms with E-state index in [0.29, 0.717) is 65.0 Å². The molecular formula is C38H56O8. The molecule has 6 fully saturated rings. The molecule has 0 spiro atoms. The molecule has 0 aromatic heterocycles. The van der Waals surface area contributed by atoms with Crippen LogP contribution in [0.3, 0.4) is 0 Å². The molecule has 4 bridgehead atoms. The third-order valence-electron chi connectivity index (χ3n) is 11.1. The maximum atomic E-state index is 12.6. The summed E-state index contributed by atoms with van der Waals surface area (Å²) < 4.78 is 22.3. The standard InChI is InChI=1S/C38H56O8/c39-31-35-25-37(26-35,27-35)33(41)45-23-19-15-11-7-3-4-8-12-16-20-24-46-34(42)38-28-36(29-38,30-38)32(40)44-22-18-14-10-6-2-1-5-9-13-17-21-43-31/h1-4H,5-30H2/b2-1+,4-3+. The van der Waals surface area contributed by atoms with Gasteiger partial charge in [-0.05, 0) is 141 Å². The first kappa shape index (κ1) is 34.7. The smallest absolute Gasteiger partial charge is 0.312 e. The summed E-state index contributed by atoms with van der Waals surface area (Å²) in [6, 6.07) is 0. The number of carbonyl (C=O) groups is 4. The first-order valence-electron chi connectivity index (χ1n) is 18.3. The molecular weight excluding hydrogens is 584 g/mol. The summed E-state index contributed by atoms with van der Waals surface area (Å²) in [7, 11) is 0. The minimum Gasteiger partial charge on any atom is -0.465 e. The highest BCUT2D eigenvalue weighted by molar-refractivity contribution is 5.92. The first-order valence-corrected chi connectivity index (χ1v) is 18.3. The molecule has 256 valence electrons. The molecule has 0 aromatic carbocycles. The van der Waals surface area contributed by atoms with Gasteiger partial charge in [-0.1, -0.05) is 24.3 Å². The first-order chi connectivity index (χ1) is 22.3. The molecule has 8 nitrogen and oxygen atoms in total. The van der Waals surface area contributed by atoms with Crippen molar-refractivity contribution in [1.82, 2.24) is 0 Å². The summed E-state index contributed by atoms with van der Waals surface area (Å²) in [4.78, 5) is 50.5. The van der Waals surface area contributed by atoms with Crippen LogP contribution in [-0.4, -0.2) is 50.3 Å². The zero-order chi connectivity index (χ0) is 32.4. The second-order valence-electron chi connectivity index (χ2n) is 15.1. The zero-order valence-electron chi connectivity index (χ0n) is 28.0. The molecule has 0 unspecified atom stereocenters. The van der Waals surface area contributed by atoms with Gasteiger partial charge < -0.3 is 18.9 Å². The molecule has 6 aliphatic carbocycles. The minimum absolute atomic E-state index is 0.127. The largest absolute Gasteiger partial charge is 0.465 e. The van der Waals surface area contributed by atoms with Crippen molar-refractivity contribution in [3.05, 3.63) is 24.3 Å². The highest BCUT2D eigenvalue weighted by Crippen LogP contribution is 2.75. The summed E-state index contributed by atoms with van der Waals surface area (Å²) in [6.45, 7) is 1.82. The number of esters is 4. The number of allylic oxidation sites excluding steroid dienone is 4. The molecule has 9 aliphatic heterocycles. The van der Waals surface area contributed by atoms with E-state index >= 15 is 0 Å². The number of rotatable bonds is 0. The van der Waals surface area contributed by atoms with Crippen LogP contribution in [0.5, 0.6) is 0 Å². The van der Waals surface area contributed by atoms with Crippen LogP contribution >= 0.6 is 0 Å². The lowest BCUT2D eigenvalue weighted by atomic mass is 9.35. The van der Waals surface area contributed by atoms with E-state index in [0.717, 1.165) is 103 Å². The Hall–Kier alpha value is -2.64. The lowest BCUT2D eigenvalue weighted by Crippen LogP contribution is -2.69. The second kappa shape index (κ2) is 16.0. The SMILES string of the molecule is O=C1OCCCCC/C=C/CCCCCOC(=O)C23CC(C2)(C3)C(=O)OCCCCC/C=C/CCCCCOC(=O)C23CC1(C2)C3. The average Bonchev–Trinajstić information content (AvgIpc) is 2.94. The van der Waals surface area contributed by atoms with Crippen molar-refractivity contribution in [1.29, 1.82) is 0 Å². The minimum atomic E-state index is -0.434. The van der Waals surface area contributed by atoms with Crippen molar-refractivity contribution in [3.8, 4) is 0 Å². The van der Waals surface area contributed by atoms with E-state index in [9.17, 15) is 19.2 Å². The molecule has 9 heterocycles. The van der Waals surface area contributed by atoms with Gasteiger partial charge in [-0.3, -0.25) is 19.2 Å². The molecule has 0 radical (unpaired) electrons. The van der Waals surface area contributed by atoms with Crippen LogP contribution in [0.2, 0.25) is 0 Å². The molecule has 0 aromatic rings. The van der Waals surface area contributed by atoms with Crippen molar-refractivity contribution in [2.45, 2.75) is 141 Å². The summed E-state index contributed by atoms with van der Waals surface area (Å²) >= 11 is 0. The Morgan fingerprint density at radius 3 is 0.761 bits per heavy atom. The van der Waals surface area contributed by atoms with Gasteiger partial charge in [0.1, 0.15) is 0 Å². The Morgan fingerprint density at radius 2 is 0.543 bits per heavy atom. The van der Waals surface area contributed by atoms with Gasteiger partial charge in [-0.25, -0.2) is 0 Å². The van der Waals surface area contributed by atoms with Crippen molar-refractivity contribution in [2.24, 2.45) is 21.7 Å². The normalized spacial score (nSPS) is 37.7. The van der Waals surface area contributed by atoms with Crippen LogP contribution in [-0.2, 0) is 38.1 Å². The number of hydrogen-bond acceptors (Lipinski definition) is 8. The third kappa shape index (κ3) is 8.07. The number of carbonyl (C=O) groups excluding carboxylic acids is 4. The Balaban J connectivity index is 0.972. The molecule has 8 heteroatoms. The molecule has 46 heavy (non-hydrogen) atoms. The highest BCUT2D eigenvalue weighted by atomic mass is 16.5. The van der Waals surface area contributed by atoms with Gasteiger partial charge in [0.2, 0.25) is 0 Å². The number of hydrogen-bond donors (Lipinski definition) is 0. The van der Waals surface area contributed by atoms with Crippen molar-refractivity contribution in [3.63, 3.8) is 0 Å². The third-order valence-corrected chi connectivity index (χ3v) is 11.1. The molecule has 6 saturated carbocycles.